The Hall–Kier alpha value is -4.20. The first-order chi connectivity index (χ1) is 15.6. The third-order valence-corrected chi connectivity index (χ3v) is 5.37. The molecule has 0 atom stereocenters. The molecule has 0 aliphatic carbocycles. The topological polar surface area (TPSA) is 161 Å². The van der Waals surface area contributed by atoms with Crippen LogP contribution in [0.2, 0.25) is 0 Å². The number of anilines is 1. The van der Waals surface area contributed by atoms with E-state index in [1.807, 2.05) is 22.6 Å². The fourth-order valence-corrected chi connectivity index (χ4v) is 3.61. The second-order valence-electron chi connectivity index (χ2n) is 6.50. The van der Waals surface area contributed by atoms with Gasteiger partial charge < -0.3 is 5.11 Å². The predicted octanol–water partition coefficient (Wildman–Crippen LogP) is 4.29. The Morgan fingerprint density at radius 2 is 1.30 bits per heavy atom. The standard InChI is InChI=1S/C21H12IN3O8/c22-17-7-3-4-8-18(17)23(20(27)15-5-1-2-6-16(15)21(28)29)19(26)12-9-13(24(30)31)11-14(10-12)25(32)33/h1-11H,(H,28,29). The molecule has 0 saturated carbocycles. The van der Waals surface area contributed by atoms with Crippen LogP contribution in [-0.4, -0.2) is 32.7 Å². The monoisotopic (exact) mass is 561 g/mol. The maximum atomic E-state index is 13.5. The second kappa shape index (κ2) is 9.52. The first-order valence-corrected chi connectivity index (χ1v) is 10.1. The summed E-state index contributed by atoms with van der Waals surface area (Å²) in [5.41, 5.74) is -2.52. The molecular formula is C21H12IN3O8. The molecule has 11 nitrogen and oxygen atoms in total. The van der Waals surface area contributed by atoms with Gasteiger partial charge in [-0.1, -0.05) is 24.3 Å². The summed E-state index contributed by atoms with van der Waals surface area (Å²) < 4.78 is 0.435. The van der Waals surface area contributed by atoms with Gasteiger partial charge in [-0.25, -0.2) is 9.69 Å². The predicted molar refractivity (Wildman–Crippen MR) is 123 cm³/mol. The lowest BCUT2D eigenvalue weighted by Crippen LogP contribution is -2.38. The SMILES string of the molecule is O=C(O)c1ccccc1C(=O)N(C(=O)c1cc([N+](=O)[O-])cc([N+](=O)[O-])c1)c1ccccc1I. The maximum Gasteiger partial charge on any atom is 0.336 e. The van der Waals surface area contributed by atoms with E-state index < -0.39 is 44.6 Å². The van der Waals surface area contributed by atoms with Gasteiger partial charge in [0, 0.05) is 15.7 Å². The van der Waals surface area contributed by atoms with Gasteiger partial charge in [0.2, 0.25) is 0 Å². The van der Waals surface area contributed by atoms with Crippen LogP contribution in [-0.2, 0) is 0 Å². The highest BCUT2D eigenvalue weighted by molar-refractivity contribution is 14.1. The van der Waals surface area contributed by atoms with Crippen molar-refractivity contribution in [3.63, 3.8) is 0 Å². The van der Waals surface area contributed by atoms with Crippen LogP contribution in [0.4, 0.5) is 17.1 Å². The first kappa shape index (κ1) is 23.5. The lowest BCUT2D eigenvalue weighted by Gasteiger charge is -2.23. The fraction of sp³-hybridized carbons (Fsp3) is 0. The zero-order chi connectivity index (χ0) is 24.3. The molecule has 2 amide bonds. The molecular weight excluding hydrogens is 549 g/mol. The zero-order valence-corrected chi connectivity index (χ0v) is 18.5. The Bertz CT molecular complexity index is 1290. The van der Waals surface area contributed by atoms with Crippen molar-refractivity contribution >= 4 is 57.4 Å². The Kier molecular flexibility index (Phi) is 6.77. The highest BCUT2D eigenvalue weighted by atomic mass is 127. The number of nitro groups is 2. The van der Waals surface area contributed by atoms with Gasteiger partial charge in [0.15, 0.2) is 0 Å². The van der Waals surface area contributed by atoms with Gasteiger partial charge in [-0.15, -0.1) is 0 Å². The Balaban J connectivity index is 2.24. The summed E-state index contributed by atoms with van der Waals surface area (Å²) in [4.78, 5) is 59.9. The first-order valence-electron chi connectivity index (χ1n) is 9.01. The highest BCUT2D eigenvalue weighted by Gasteiger charge is 2.32. The molecule has 0 aliphatic heterocycles. The number of imide groups is 1. The molecule has 0 aliphatic rings. The number of nitrogens with zero attached hydrogens (tertiary/aromatic N) is 3. The Morgan fingerprint density at radius 1 is 0.788 bits per heavy atom. The lowest BCUT2D eigenvalue weighted by atomic mass is 10.0. The number of para-hydroxylation sites is 1. The van der Waals surface area contributed by atoms with E-state index in [1.54, 1.807) is 12.1 Å². The number of benzene rings is 3. The fourth-order valence-electron chi connectivity index (χ4n) is 2.98. The van der Waals surface area contributed by atoms with Gasteiger partial charge in [-0.2, -0.15) is 0 Å². The number of non-ortho nitro benzene ring substituents is 2. The molecule has 3 aromatic rings. The molecule has 0 saturated heterocycles. The van der Waals surface area contributed by atoms with Crippen LogP contribution in [0.15, 0.2) is 66.7 Å². The quantitative estimate of drug-likeness (QED) is 0.202. The zero-order valence-electron chi connectivity index (χ0n) is 16.4. The third kappa shape index (κ3) is 4.85. The van der Waals surface area contributed by atoms with E-state index in [0.29, 0.717) is 14.5 Å². The number of carbonyl (C=O) groups excluding carboxylic acids is 2. The van der Waals surface area contributed by atoms with Crippen molar-refractivity contribution in [3.8, 4) is 0 Å². The molecule has 1 N–H and O–H groups in total. The van der Waals surface area contributed by atoms with Crippen LogP contribution >= 0.6 is 22.6 Å². The Labute approximate surface area is 198 Å². The molecule has 3 aromatic carbocycles. The average Bonchev–Trinajstić information content (AvgIpc) is 2.79. The van der Waals surface area contributed by atoms with Crippen LogP contribution in [0.3, 0.4) is 0 Å². The highest BCUT2D eigenvalue weighted by Crippen LogP contribution is 2.29. The van der Waals surface area contributed by atoms with Crippen LogP contribution in [0.1, 0.15) is 31.1 Å². The van der Waals surface area contributed by atoms with Gasteiger partial charge in [0.1, 0.15) is 0 Å². The molecule has 166 valence electrons. The number of carboxylic acid groups (broad SMARTS) is 1. The van der Waals surface area contributed by atoms with Gasteiger partial charge in [-0.3, -0.25) is 29.8 Å². The number of amides is 2. The second-order valence-corrected chi connectivity index (χ2v) is 7.66. The lowest BCUT2D eigenvalue weighted by molar-refractivity contribution is -0.394. The summed E-state index contributed by atoms with van der Waals surface area (Å²) in [6, 6.07) is 13.7. The number of halogens is 1. The smallest absolute Gasteiger partial charge is 0.336 e. The average molecular weight is 561 g/mol. The van der Waals surface area contributed by atoms with E-state index in [-0.39, 0.29) is 16.8 Å². The minimum atomic E-state index is -1.40. The number of aromatic carboxylic acids is 1. The van der Waals surface area contributed by atoms with Gasteiger partial charge in [-0.05, 0) is 46.9 Å². The number of hydrogen-bond acceptors (Lipinski definition) is 7. The van der Waals surface area contributed by atoms with Crippen LogP contribution in [0, 0.1) is 23.8 Å². The van der Waals surface area contributed by atoms with Gasteiger partial charge in [0.05, 0.1) is 38.3 Å². The number of carbonyl (C=O) groups is 3. The van der Waals surface area contributed by atoms with Crippen molar-refractivity contribution in [2.75, 3.05) is 4.90 Å². The summed E-state index contributed by atoms with van der Waals surface area (Å²) in [7, 11) is 0. The normalized spacial score (nSPS) is 10.3. The molecule has 33 heavy (non-hydrogen) atoms. The number of carboxylic acids is 1. The minimum Gasteiger partial charge on any atom is -0.478 e. The maximum absolute atomic E-state index is 13.5. The van der Waals surface area contributed by atoms with Crippen molar-refractivity contribution < 1.29 is 29.3 Å². The summed E-state index contributed by atoms with van der Waals surface area (Å²) in [5, 5.41) is 32.0. The van der Waals surface area contributed by atoms with E-state index in [1.165, 1.54) is 36.4 Å². The van der Waals surface area contributed by atoms with E-state index in [4.69, 9.17) is 0 Å². The Morgan fingerprint density at radius 3 is 1.82 bits per heavy atom. The molecule has 0 fully saturated rings. The molecule has 0 spiro atoms. The van der Waals surface area contributed by atoms with Crippen molar-refractivity contribution in [2.24, 2.45) is 0 Å². The molecule has 0 radical (unpaired) electrons. The van der Waals surface area contributed by atoms with Crippen LogP contribution in [0.25, 0.3) is 0 Å². The summed E-state index contributed by atoms with van der Waals surface area (Å²) in [6.07, 6.45) is 0. The van der Waals surface area contributed by atoms with Crippen LogP contribution < -0.4 is 4.90 Å². The molecule has 0 unspecified atom stereocenters. The molecule has 0 bridgehead atoms. The number of nitro benzene ring substituents is 2. The summed E-state index contributed by atoms with van der Waals surface area (Å²) in [5.74, 6) is -3.52. The summed E-state index contributed by atoms with van der Waals surface area (Å²) >= 11 is 1.86. The van der Waals surface area contributed by atoms with E-state index >= 15 is 0 Å². The van der Waals surface area contributed by atoms with E-state index in [9.17, 15) is 39.7 Å². The van der Waals surface area contributed by atoms with E-state index in [0.717, 1.165) is 12.1 Å². The van der Waals surface area contributed by atoms with Gasteiger partial charge >= 0.3 is 5.97 Å². The number of rotatable bonds is 6. The number of hydrogen-bond donors (Lipinski definition) is 1. The minimum absolute atomic E-state index is 0.0717. The molecule has 3 rings (SSSR count). The molecule has 0 aromatic heterocycles. The van der Waals surface area contributed by atoms with Gasteiger partial charge in [0.25, 0.3) is 23.2 Å². The van der Waals surface area contributed by atoms with Crippen molar-refractivity contribution in [1.82, 2.24) is 0 Å². The summed E-state index contributed by atoms with van der Waals surface area (Å²) in [6.45, 7) is 0. The van der Waals surface area contributed by atoms with Crippen molar-refractivity contribution in [3.05, 3.63) is 107 Å². The molecule has 0 heterocycles. The van der Waals surface area contributed by atoms with Crippen LogP contribution in [0.5, 0.6) is 0 Å². The van der Waals surface area contributed by atoms with Crippen molar-refractivity contribution in [1.29, 1.82) is 0 Å². The largest absolute Gasteiger partial charge is 0.478 e. The van der Waals surface area contributed by atoms with Crippen molar-refractivity contribution in [2.45, 2.75) is 0 Å². The molecule has 12 heteroatoms. The third-order valence-electron chi connectivity index (χ3n) is 4.46. The van der Waals surface area contributed by atoms with E-state index in [2.05, 4.69) is 0 Å².